The summed E-state index contributed by atoms with van der Waals surface area (Å²) in [6.45, 7) is 3.76. The Hall–Kier alpha value is -2.60. The molecular formula is C15H11N2O. The fraction of sp³-hybridized carbons (Fsp3) is 0. The summed E-state index contributed by atoms with van der Waals surface area (Å²) in [4.78, 5) is 11.9. The minimum atomic E-state index is -0.181. The van der Waals surface area contributed by atoms with Crippen LogP contribution in [0.4, 0.5) is 5.69 Å². The number of anilines is 1. The summed E-state index contributed by atoms with van der Waals surface area (Å²) < 4.78 is 0. The van der Waals surface area contributed by atoms with Crippen LogP contribution in [-0.4, -0.2) is 5.91 Å². The van der Waals surface area contributed by atoms with E-state index in [0.29, 0.717) is 16.8 Å². The Morgan fingerprint density at radius 2 is 1.67 bits per heavy atom. The molecule has 0 aliphatic rings. The summed E-state index contributed by atoms with van der Waals surface area (Å²) in [5, 5.41) is 11.4. The Balaban J connectivity index is 2.11. The molecule has 0 saturated heterocycles. The molecule has 0 bridgehead atoms. The lowest BCUT2D eigenvalue weighted by molar-refractivity contribution is 0.102. The van der Waals surface area contributed by atoms with Crippen LogP contribution in [0.1, 0.15) is 21.5 Å². The monoisotopic (exact) mass is 235 g/mol. The van der Waals surface area contributed by atoms with Crippen LogP contribution < -0.4 is 5.32 Å². The first kappa shape index (κ1) is 11.9. The van der Waals surface area contributed by atoms with E-state index in [1.54, 1.807) is 48.5 Å². The van der Waals surface area contributed by atoms with E-state index in [1.165, 1.54) is 0 Å². The third-order valence-corrected chi connectivity index (χ3v) is 2.49. The lowest BCUT2D eigenvalue weighted by atomic mass is 10.1. The summed E-state index contributed by atoms with van der Waals surface area (Å²) in [7, 11) is 0. The highest BCUT2D eigenvalue weighted by Gasteiger charge is 2.05. The van der Waals surface area contributed by atoms with Gasteiger partial charge in [-0.25, -0.2) is 0 Å². The molecular weight excluding hydrogens is 224 g/mol. The zero-order chi connectivity index (χ0) is 13.0. The largest absolute Gasteiger partial charge is 0.322 e. The van der Waals surface area contributed by atoms with E-state index < -0.39 is 0 Å². The fourth-order valence-electron chi connectivity index (χ4n) is 1.49. The van der Waals surface area contributed by atoms with E-state index >= 15 is 0 Å². The van der Waals surface area contributed by atoms with Gasteiger partial charge in [0.2, 0.25) is 0 Å². The number of rotatable bonds is 2. The third kappa shape index (κ3) is 2.74. The van der Waals surface area contributed by atoms with Crippen molar-refractivity contribution in [3.05, 3.63) is 72.1 Å². The van der Waals surface area contributed by atoms with Crippen LogP contribution in [0.15, 0.2) is 48.5 Å². The van der Waals surface area contributed by atoms with Crippen LogP contribution in [0.2, 0.25) is 0 Å². The van der Waals surface area contributed by atoms with E-state index in [-0.39, 0.29) is 5.91 Å². The van der Waals surface area contributed by atoms with E-state index in [4.69, 9.17) is 5.26 Å². The molecule has 3 nitrogen and oxygen atoms in total. The van der Waals surface area contributed by atoms with Gasteiger partial charge in [0.25, 0.3) is 5.91 Å². The summed E-state index contributed by atoms with van der Waals surface area (Å²) in [5.74, 6) is -0.181. The van der Waals surface area contributed by atoms with Gasteiger partial charge >= 0.3 is 0 Å². The number of nitrogens with zero attached hydrogens (tertiary/aromatic N) is 1. The number of carbonyl (C=O) groups excluding carboxylic acids is 1. The zero-order valence-electron chi connectivity index (χ0n) is 9.68. The van der Waals surface area contributed by atoms with Crippen molar-refractivity contribution in [3.63, 3.8) is 0 Å². The minimum absolute atomic E-state index is 0.181. The summed E-state index contributed by atoms with van der Waals surface area (Å²) >= 11 is 0. The van der Waals surface area contributed by atoms with Crippen LogP contribution in [0.25, 0.3) is 0 Å². The molecule has 0 spiro atoms. The van der Waals surface area contributed by atoms with Gasteiger partial charge in [-0.2, -0.15) is 5.26 Å². The first-order valence-corrected chi connectivity index (χ1v) is 5.42. The molecule has 0 unspecified atom stereocenters. The standard InChI is InChI=1S/C15H11N2O/c1-11-2-6-13(7-3-11)15(18)17-14-8-4-12(10-16)5-9-14/h2-9H,1H2,(H,17,18). The fourth-order valence-corrected chi connectivity index (χ4v) is 1.49. The van der Waals surface area contributed by atoms with Crippen molar-refractivity contribution >= 4 is 11.6 Å². The quantitative estimate of drug-likeness (QED) is 0.869. The predicted octanol–water partition coefficient (Wildman–Crippen LogP) is 2.99. The maximum absolute atomic E-state index is 11.9. The molecule has 0 atom stereocenters. The Labute approximate surface area is 106 Å². The molecule has 87 valence electrons. The molecule has 3 heteroatoms. The highest BCUT2D eigenvalue weighted by molar-refractivity contribution is 6.04. The van der Waals surface area contributed by atoms with Crippen LogP contribution in [0, 0.1) is 18.3 Å². The van der Waals surface area contributed by atoms with Crippen LogP contribution in [0.3, 0.4) is 0 Å². The number of amides is 1. The Bertz CT molecular complexity index is 592. The van der Waals surface area contributed by atoms with Crippen molar-refractivity contribution in [2.45, 2.75) is 0 Å². The molecule has 0 aliphatic carbocycles. The maximum Gasteiger partial charge on any atom is 0.255 e. The van der Waals surface area contributed by atoms with Crippen molar-refractivity contribution in [3.8, 4) is 6.07 Å². The maximum atomic E-state index is 11.9. The van der Waals surface area contributed by atoms with Crippen LogP contribution >= 0.6 is 0 Å². The topological polar surface area (TPSA) is 52.9 Å². The number of hydrogen-bond donors (Lipinski definition) is 1. The van der Waals surface area contributed by atoms with E-state index in [2.05, 4.69) is 12.2 Å². The molecule has 2 rings (SSSR count). The average molecular weight is 235 g/mol. The van der Waals surface area contributed by atoms with Crippen molar-refractivity contribution < 1.29 is 4.79 Å². The Morgan fingerprint density at radius 1 is 1.06 bits per heavy atom. The second kappa shape index (κ2) is 5.15. The van der Waals surface area contributed by atoms with Gasteiger partial charge in [0.15, 0.2) is 0 Å². The molecule has 0 aliphatic heterocycles. The van der Waals surface area contributed by atoms with Gasteiger partial charge in [-0.1, -0.05) is 12.1 Å². The molecule has 0 saturated carbocycles. The number of nitrogens with one attached hydrogen (secondary N) is 1. The molecule has 18 heavy (non-hydrogen) atoms. The number of carbonyl (C=O) groups is 1. The van der Waals surface area contributed by atoms with Gasteiger partial charge in [0.05, 0.1) is 11.6 Å². The zero-order valence-corrected chi connectivity index (χ0v) is 9.68. The number of hydrogen-bond acceptors (Lipinski definition) is 2. The lowest BCUT2D eigenvalue weighted by Gasteiger charge is -2.05. The first-order chi connectivity index (χ1) is 8.69. The molecule has 1 amide bonds. The molecule has 0 aromatic heterocycles. The molecule has 0 fully saturated rings. The van der Waals surface area contributed by atoms with Crippen LogP contribution in [0.5, 0.6) is 0 Å². The molecule has 0 heterocycles. The molecule has 1 N–H and O–H groups in total. The predicted molar refractivity (Wildman–Crippen MR) is 70.0 cm³/mol. The molecule has 1 radical (unpaired) electrons. The van der Waals surface area contributed by atoms with Gasteiger partial charge in [-0.05, 0) is 48.9 Å². The summed E-state index contributed by atoms with van der Waals surface area (Å²) in [6, 6.07) is 15.8. The van der Waals surface area contributed by atoms with E-state index in [1.807, 2.05) is 6.07 Å². The highest BCUT2D eigenvalue weighted by atomic mass is 16.1. The highest BCUT2D eigenvalue weighted by Crippen LogP contribution is 2.11. The lowest BCUT2D eigenvalue weighted by Crippen LogP contribution is -2.11. The van der Waals surface area contributed by atoms with E-state index in [9.17, 15) is 4.79 Å². The summed E-state index contributed by atoms with van der Waals surface area (Å²) in [5.41, 5.74) is 2.67. The molecule has 2 aromatic rings. The Morgan fingerprint density at radius 3 is 2.22 bits per heavy atom. The SMILES string of the molecule is [CH2]c1ccc(C(=O)Nc2ccc(C#N)cc2)cc1. The van der Waals surface area contributed by atoms with Crippen molar-refractivity contribution in [1.29, 1.82) is 5.26 Å². The van der Waals surface area contributed by atoms with Gasteiger partial charge in [0.1, 0.15) is 0 Å². The van der Waals surface area contributed by atoms with Crippen molar-refractivity contribution in [1.82, 2.24) is 0 Å². The minimum Gasteiger partial charge on any atom is -0.322 e. The smallest absolute Gasteiger partial charge is 0.255 e. The van der Waals surface area contributed by atoms with Crippen molar-refractivity contribution in [2.75, 3.05) is 5.32 Å². The van der Waals surface area contributed by atoms with Gasteiger partial charge in [-0.3, -0.25) is 4.79 Å². The van der Waals surface area contributed by atoms with E-state index in [0.717, 1.165) is 5.56 Å². The number of nitriles is 1. The normalized spacial score (nSPS) is 9.56. The van der Waals surface area contributed by atoms with Gasteiger partial charge < -0.3 is 5.32 Å². The third-order valence-electron chi connectivity index (χ3n) is 2.49. The average Bonchev–Trinajstić information content (AvgIpc) is 2.40. The second-order valence-corrected chi connectivity index (χ2v) is 3.84. The molecule has 2 aromatic carbocycles. The first-order valence-electron chi connectivity index (χ1n) is 5.42. The van der Waals surface area contributed by atoms with Crippen molar-refractivity contribution in [2.24, 2.45) is 0 Å². The van der Waals surface area contributed by atoms with Gasteiger partial charge in [0, 0.05) is 11.3 Å². The van der Waals surface area contributed by atoms with Gasteiger partial charge in [-0.15, -0.1) is 0 Å². The second-order valence-electron chi connectivity index (χ2n) is 3.84. The summed E-state index contributed by atoms with van der Waals surface area (Å²) in [6.07, 6.45) is 0. The number of benzene rings is 2. The Kier molecular flexibility index (Phi) is 3.40. The van der Waals surface area contributed by atoms with Crippen LogP contribution in [-0.2, 0) is 0 Å².